The van der Waals surface area contributed by atoms with E-state index in [1.54, 1.807) is 27.7 Å². The summed E-state index contributed by atoms with van der Waals surface area (Å²) < 4.78 is 22.1. The highest BCUT2D eigenvalue weighted by Gasteiger charge is 2.73. The number of Topliss-reactive ketones (excluding diaryl/α,β-unsaturated/α-hetero) is 1. The molecule has 2 saturated carbocycles. The molecule has 8 heteroatoms. The van der Waals surface area contributed by atoms with Crippen molar-refractivity contribution < 1.29 is 33.7 Å². The highest BCUT2D eigenvalue weighted by atomic mass is 19.1. The standard InChI is InChI=1S/C27H40FNO6/c1-7-29(8-2)15-23(33)35-16-22(32)27(34)17(3)13-20-18(4)26(28,21(31)14-25(20,27)6)24(5)11-9-19(30)10-12-24/h9-12,17-18,20-21,31,34H,7-8,13-16H2,1-6H3/t17-,18?,20?,21+,25+,26+,27+/m1/s1. The van der Waals surface area contributed by atoms with Crippen LogP contribution in [0.25, 0.3) is 0 Å². The van der Waals surface area contributed by atoms with Gasteiger partial charge in [0.25, 0.3) is 0 Å². The number of aliphatic hydroxyl groups excluding tert-OH is 1. The van der Waals surface area contributed by atoms with Gasteiger partial charge in [-0.05, 0) is 62.8 Å². The number of hydrogen-bond donors (Lipinski definition) is 2. The number of ketones is 2. The second kappa shape index (κ2) is 9.52. The van der Waals surface area contributed by atoms with Gasteiger partial charge in [0, 0.05) is 10.8 Å². The number of aliphatic hydroxyl groups is 2. The number of carbonyl (C=O) groups excluding carboxylic acids is 3. The minimum Gasteiger partial charge on any atom is -0.457 e. The van der Waals surface area contributed by atoms with E-state index in [1.807, 2.05) is 18.7 Å². The summed E-state index contributed by atoms with van der Waals surface area (Å²) in [4.78, 5) is 39.1. The third-order valence-electron chi connectivity index (χ3n) is 9.43. The van der Waals surface area contributed by atoms with Crippen molar-refractivity contribution in [3.63, 3.8) is 0 Å². The molecule has 2 N–H and O–H groups in total. The first kappa shape index (κ1) is 27.7. The Morgan fingerprint density at radius 1 is 1.17 bits per heavy atom. The summed E-state index contributed by atoms with van der Waals surface area (Å²) in [6.07, 6.45) is 4.40. The molecule has 0 spiro atoms. The minimum atomic E-state index is -2.10. The van der Waals surface area contributed by atoms with Crippen molar-refractivity contribution in [2.24, 2.45) is 28.6 Å². The molecule has 3 rings (SSSR count). The Labute approximate surface area is 207 Å². The predicted octanol–water partition coefficient (Wildman–Crippen LogP) is 2.64. The molecule has 2 fully saturated rings. The van der Waals surface area contributed by atoms with E-state index in [0.29, 0.717) is 19.5 Å². The Morgan fingerprint density at radius 2 is 1.74 bits per heavy atom. The molecule has 0 aromatic rings. The van der Waals surface area contributed by atoms with Gasteiger partial charge in [-0.15, -0.1) is 0 Å². The lowest BCUT2D eigenvalue weighted by Crippen LogP contribution is -2.67. The molecular formula is C27H40FNO6. The second-order valence-electron chi connectivity index (χ2n) is 11.1. The molecule has 0 aromatic heterocycles. The molecule has 0 heterocycles. The van der Waals surface area contributed by atoms with Crippen LogP contribution in [0.3, 0.4) is 0 Å². The van der Waals surface area contributed by atoms with E-state index < -0.39 is 64.3 Å². The van der Waals surface area contributed by atoms with E-state index in [9.17, 15) is 24.6 Å². The van der Waals surface area contributed by atoms with Crippen molar-refractivity contribution in [2.45, 2.75) is 71.8 Å². The first-order valence-corrected chi connectivity index (χ1v) is 12.6. The fourth-order valence-corrected chi connectivity index (χ4v) is 7.12. The molecule has 0 bridgehead atoms. The van der Waals surface area contributed by atoms with E-state index in [1.165, 1.54) is 24.3 Å². The first-order chi connectivity index (χ1) is 16.2. The van der Waals surface area contributed by atoms with Gasteiger partial charge in [-0.1, -0.05) is 46.8 Å². The summed E-state index contributed by atoms with van der Waals surface area (Å²) in [6.45, 7) is 11.5. The van der Waals surface area contributed by atoms with Crippen LogP contribution in [-0.2, 0) is 19.1 Å². The fraction of sp³-hybridized carbons (Fsp3) is 0.741. The summed E-state index contributed by atoms with van der Waals surface area (Å²) in [5.41, 5.74) is -6.31. The molecule has 3 aliphatic carbocycles. The van der Waals surface area contributed by atoms with Crippen molar-refractivity contribution in [3.8, 4) is 0 Å². The van der Waals surface area contributed by atoms with E-state index in [-0.39, 0.29) is 18.7 Å². The monoisotopic (exact) mass is 493 g/mol. The second-order valence-corrected chi connectivity index (χ2v) is 11.1. The third-order valence-corrected chi connectivity index (χ3v) is 9.43. The Kier molecular flexibility index (Phi) is 7.53. The Bertz CT molecular complexity index is 913. The molecule has 0 amide bonds. The van der Waals surface area contributed by atoms with E-state index in [0.717, 1.165) is 0 Å². The zero-order valence-electron chi connectivity index (χ0n) is 21.7. The van der Waals surface area contributed by atoms with Crippen LogP contribution in [0.5, 0.6) is 0 Å². The van der Waals surface area contributed by atoms with Crippen LogP contribution < -0.4 is 0 Å². The maximum atomic E-state index is 16.9. The molecule has 35 heavy (non-hydrogen) atoms. The van der Waals surface area contributed by atoms with Gasteiger partial charge in [0.1, 0.15) is 5.60 Å². The number of nitrogens with zero attached hydrogens (tertiary/aromatic N) is 1. The van der Waals surface area contributed by atoms with Gasteiger partial charge in [-0.2, -0.15) is 0 Å². The number of hydrogen-bond acceptors (Lipinski definition) is 7. The maximum absolute atomic E-state index is 16.9. The van der Waals surface area contributed by atoms with Crippen LogP contribution in [0.4, 0.5) is 4.39 Å². The molecule has 196 valence electrons. The average Bonchev–Trinajstić information content (AvgIpc) is 3.02. The van der Waals surface area contributed by atoms with Crippen LogP contribution in [-0.4, -0.2) is 76.3 Å². The van der Waals surface area contributed by atoms with Crippen molar-refractivity contribution in [1.82, 2.24) is 4.90 Å². The Balaban J connectivity index is 1.86. The van der Waals surface area contributed by atoms with E-state index in [2.05, 4.69) is 0 Å². The van der Waals surface area contributed by atoms with Crippen molar-refractivity contribution >= 4 is 17.5 Å². The number of fused-ring (bicyclic) bond motifs is 1. The van der Waals surface area contributed by atoms with Gasteiger partial charge in [0.05, 0.1) is 12.6 Å². The summed E-state index contributed by atoms with van der Waals surface area (Å²) in [5, 5.41) is 23.1. The summed E-state index contributed by atoms with van der Waals surface area (Å²) >= 11 is 0. The molecule has 2 unspecified atom stereocenters. The Hall–Kier alpha value is -1.90. The van der Waals surface area contributed by atoms with E-state index >= 15 is 4.39 Å². The van der Waals surface area contributed by atoms with Crippen molar-refractivity contribution in [3.05, 3.63) is 24.3 Å². The lowest BCUT2D eigenvalue weighted by atomic mass is 9.49. The molecule has 7 atom stereocenters. The van der Waals surface area contributed by atoms with Crippen LogP contribution in [0, 0.1) is 28.6 Å². The van der Waals surface area contributed by atoms with Gasteiger partial charge in [0.2, 0.25) is 5.78 Å². The molecule has 0 aliphatic heterocycles. The van der Waals surface area contributed by atoms with Crippen LogP contribution in [0.1, 0.15) is 54.4 Å². The SMILES string of the molecule is CCN(CC)CC(=O)OCC(=O)[C@@]1(O)[C@H](C)CC2C(C)[C@@](F)(C3(C)C=CC(=O)C=C3)[C@@H](O)C[C@@]21C. The third kappa shape index (κ3) is 4.11. The lowest BCUT2D eigenvalue weighted by molar-refractivity contribution is -0.208. The number of esters is 1. The molecule has 0 radical (unpaired) electrons. The normalized spacial score (nSPS) is 40.1. The average molecular weight is 494 g/mol. The summed E-state index contributed by atoms with van der Waals surface area (Å²) in [6, 6.07) is 0. The number of ether oxygens (including phenoxy) is 1. The number of halogens is 1. The van der Waals surface area contributed by atoms with Crippen molar-refractivity contribution in [1.29, 1.82) is 0 Å². The summed E-state index contributed by atoms with van der Waals surface area (Å²) in [7, 11) is 0. The molecule has 0 aromatic carbocycles. The van der Waals surface area contributed by atoms with Crippen molar-refractivity contribution in [2.75, 3.05) is 26.2 Å². The highest BCUT2D eigenvalue weighted by Crippen LogP contribution is 2.67. The van der Waals surface area contributed by atoms with Crippen LogP contribution in [0.2, 0.25) is 0 Å². The molecule has 7 nitrogen and oxygen atoms in total. The summed E-state index contributed by atoms with van der Waals surface area (Å²) in [5.74, 6) is -3.06. The quantitative estimate of drug-likeness (QED) is 0.501. The number of allylic oxidation sites excluding steroid dienone is 4. The number of rotatable bonds is 8. The predicted molar refractivity (Wildman–Crippen MR) is 129 cm³/mol. The maximum Gasteiger partial charge on any atom is 0.320 e. The smallest absolute Gasteiger partial charge is 0.320 e. The highest BCUT2D eigenvalue weighted by molar-refractivity contribution is 6.00. The van der Waals surface area contributed by atoms with Gasteiger partial charge in [0.15, 0.2) is 18.1 Å². The van der Waals surface area contributed by atoms with E-state index in [4.69, 9.17) is 4.74 Å². The largest absolute Gasteiger partial charge is 0.457 e. The number of alkyl halides is 1. The minimum absolute atomic E-state index is 0.0520. The van der Waals surface area contributed by atoms with Gasteiger partial charge in [-0.25, -0.2) is 4.39 Å². The lowest BCUT2D eigenvalue weighted by Gasteiger charge is -2.58. The van der Waals surface area contributed by atoms with Gasteiger partial charge >= 0.3 is 5.97 Å². The fourth-order valence-electron chi connectivity index (χ4n) is 7.12. The zero-order chi connectivity index (χ0) is 26.4. The zero-order valence-corrected chi connectivity index (χ0v) is 21.7. The topological polar surface area (TPSA) is 104 Å². The molecular weight excluding hydrogens is 453 g/mol. The van der Waals surface area contributed by atoms with Crippen LogP contribution >= 0.6 is 0 Å². The Morgan fingerprint density at radius 3 is 2.29 bits per heavy atom. The number of carbonyl (C=O) groups is 3. The number of likely N-dealkylation sites (N-methyl/N-ethyl adjacent to an activating group) is 1. The first-order valence-electron chi connectivity index (χ1n) is 12.6. The van der Waals surface area contributed by atoms with Crippen LogP contribution in [0.15, 0.2) is 24.3 Å². The molecule has 3 aliphatic rings. The molecule has 0 saturated heterocycles. The van der Waals surface area contributed by atoms with Gasteiger partial charge < -0.3 is 14.9 Å². The van der Waals surface area contributed by atoms with Gasteiger partial charge in [-0.3, -0.25) is 19.3 Å².